The first kappa shape index (κ1) is 14.9. The largest absolute Gasteiger partial charge is 0.447 e. The van der Waals surface area contributed by atoms with Crippen molar-refractivity contribution in [3.63, 3.8) is 0 Å². The van der Waals surface area contributed by atoms with Gasteiger partial charge in [0.15, 0.2) is 5.82 Å². The molecule has 0 fully saturated rings. The molecule has 7 heteroatoms. The minimum atomic E-state index is -1.08. The van der Waals surface area contributed by atoms with Crippen LogP contribution in [0.1, 0.15) is 18.6 Å². The molecule has 0 saturated heterocycles. The molecule has 0 bridgehead atoms. The standard InChI is InChI=1S/C14H11F2NO4/c1-8(18)10-7-9(15)5-6-13(10)21-14-11(16)3-2-4-12(14)17(19)20/h2-8,18H,1H3. The summed E-state index contributed by atoms with van der Waals surface area (Å²) in [7, 11) is 0. The Morgan fingerprint density at radius 3 is 2.62 bits per heavy atom. The van der Waals surface area contributed by atoms with Crippen LogP contribution in [0.4, 0.5) is 14.5 Å². The molecule has 2 aromatic carbocycles. The van der Waals surface area contributed by atoms with Gasteiger partial charge >= 0.3 is 5.69 Å². The number of ether oxygens (including phenoxy) is 1. The Morgan fingerprint density at radius 1 is 1.29 bits per heavy atom. The summed E-state index contributed by atoms with van der Waals surface area (Å²) in [6, 6.07) is 6.52. The maximum absolute atomic E-state index is 13.7. The number of nitro groups is 1. The van der Waals surface area contributed by atoms with E-state index < -0.39 is 34.1 Å². The van der Waals surface area contributed by atoms with Crippen LogP contribution in [-0.2, 0) is 0 Å². The van der Waals surface area contributed by atoms with Crippen molar-refractivity contribution in [3.05, 3.63) is 63.7 Å². The highest BCUT2D eigenvalue weighted by Gasteiger charge is 2.22. The molecule has 0 aliphatic rings. The SMILES string of the molecule is CC(O)c1cc(F)ccc1Oc1c(F)cccc1[N+](=O)[O-]. The summed E-state index contributed by atoms with van der Waals surface area (Å²) < 4.78 is 32.1. The van der Waals surface area contributed by atoms with Crippen molar-refractivity contribution in [1.82, 2.24) is 0 Å². The molecule has 0 spiro atoms. The Balaban J connectivity index is 2.51. The summed E-state index contributed by atoms with van der Waals surface area (Å²) in [5.74, 6) is -2.18. The summed E-state index contributed by atoms with van der Waals surface area (Å²) in [5, 5.41) is 20.5. The summed E-state index contributed by atoms with van der Waals surface area (Å²) in [6.07, 6.45) is -1.08. The van der Waals surface area contributed by atoms with E-state index in [0.717, 1.165) is 24.3 Å². The van der Waals surface area contributed by atoms with Crippen molar-refractivity contribution < 1.29 is 23.5 Å². The van der Waals surface area contributed by atoms with E-state index in [-0.39, 0.29) is 11.3 Å². The molecule has 0 aliphatic carbocycles. The Labute approximate surface area is 118 Å². The number of aliphatic hydroxyl groups is 1. The lowest BCUT2D eigenvalue weighted by molar-refractivity contribution is -0.385. The molecule has 2 aromatic rings. The van der Waals surface area contributed by atoms with Gasteiger partial charge in [0.1, 0.15) is 11.6 Å². The van der Waals surface area contributed by atoms with Crippen LogP contribution in [0.25, 0.3) is 0 Å². The maximum Gasteiger partial charge on any atom is 0.314 e. The monoisotopic (exact) mass is 295 g/mol. The molecule has 110 valence electrons. The molecular weight excluding hydrogens is 284 g/mol. The summed E-state index contributed by atoms with van der Waals surface area (Å²) in [6.45, 7) is 1.37. The van der Waals surface area contributed by atoms with Gasteiger partial charge in [0.05, 0.1) is 11.0 Å². The molecule has 0 aromatic heterocycles. The van der Waals surface area contributed by atoms with Crippen molar-refractivity contribution in [1.29, 1.82) is 0 Å². The van der Waals surface area contributed by atoms with Crippen LogP contribution in [0.3, 0.4) is 0 Å². The average molecular weight is 295 g/mol. The Bertz CT molecular complexity index is 689. The number of para-hydroxylation sites is 1. The van der Waals surface area contributed by atoms with E-state index in [0.29, 0.717) is 0 Å². The second-order valence-corrected chi connectivity index (χ2v) is 4.31. The van der Waals surface area contributed by atoms with E-state index in [1.165, 1.54) is 19.1 Å². The van der Waals surface area contributed by atoms with Crippen LogP contribution in [-0.4, -0.2) is 10.0 Å². The van der Waals surface area contributed by atoms with Crippen LogP contribution in [0, 0.1) is 21.7 Å². The highest BCUT2D eigenvalue weighted by molar-refractivity contribution is 5.50. The topological polar surface area (TPSA) is 72.6 Å². The number of halogens is 2. The van der Waals surface area contributed by atoms with Gasteiger partial charge in [-0.05, 0) is 31.2 Å². The fourth-order valence-corrected chi connectivity index (χ4v) is 1.79. The predicted octanol–water partition coefficient (Wildman–Crippen LogP) is 3.72. The van der Waals surface area contributed by atoms with Crippen molar-refractivity contribution in [3.8, 4) is 11.5 Å². The lowest BCUT2D eigenvalue weighted by Crippen LogP contribution is -2.00. The van der Waals surface area contributed by atoms with Crippen LogP contribution < -0.4 is 4.74 Å². The van der Waals surface area contributed by atoms with Crippen LogP contribution in [0.2, 0.25) is 0 Å². The number of hydrogen-bond acceptors (Lipinski definition) is 4. The third kappa shape index (κ3) is 3.14. The minimum absolute atomic E-state index is 0.0559. The van der Waals surface area contributed by atoms with Gasteiger partial charge in [-0.25, -0.2) is 8.78 Å². The van der Waals surface area contributed by atoms with E-state index in [1.807, 2.05) is 0 Å². The lowest BCUT2D eigenvalue weighted by Gasteiger charge is -2.13. The van der Waals surface area contributed by atoms with Gasteiger partial charge in [-0.1, -0.05) is 6.07 Å². The average Bonchev–Trinajstić information content (AvgIpc) is 2.42. The quantitative estimate of drug-likeness (QED) is 0.689. The van der Waals surface area contributed by atoms with Crippen molar-refractivity contribution >= 4 is 5.69 Å². The van der Waals surface area contributed by atoms with Crippen molar-refractivity contribution in [2.45, 2.75) is 13.0 Å². The third-order valence-electron chi connectivity index (χ3n) is 2.78. The molecule has 0 saturated carbocycles. The smallest absolute Gasteiger partial charge is 0.314 e. The fourth-order valence-electron chi connectivity index (χ4n) is 1.79. The van der Waals surface area contributed by atoms with Gasteiger partial charge in [-0.2, -0.15) is 0 Å². The van der Waals surface area contributed by atoms with Crippen LogP contribution in [0.15, 0.2) is 36.4 Å². The van der Waals surface area contributed by atoms with Gasteiger partial charge < -0.3 is 9.84 Å². The zero-order valence-corrected chi connectivity index (χ0v) is 10.9. The number of hydrogen-bond donors (Lipinski definition) is 1. The van der Waals surface area contributed by atoms with Gasteiger partial charge in [0.25, 0.3) is 0 Å². The molecule has 0 heterocycles. The molecule has 1 atom stereocenters. The van der Waals surface area contributed by atoms with E-state index >= 15 is 0 Å². The first-order valence-corrected chi connectivity index (χ1v) is 5.98. The Kier molecular flexibility index (Phi) is 4.13. The van der Waals surface area contributed by atoms with E-state index in [4.69, 9.17) is 4.74 Å². The molecule has 0 radical (unpaired) electrons. The Hall–Kier alpha value is -2.54. The van der Waals surface area contributed by atoms with Crippen molar-refractivity contribution in [2.24, 2.45) is 0 Å². The summed E-state index contributed by atoms with van der Waals surface area (Å²) >= 11 is 0. The predicted molar refractivity (Wildman–Crippen MR) is 70.2 cm³/mol. The van der Waals surface area contributed by atoms with E-state index in [2.05, 4.69) is 0 Å². The molecule has 1 unspecified atom stereocenters. The normalized spacial score (nSPS) is 12.0. The zero-order valence-electron chi connectivity index (χ0n) is 10.9. The third-order valence-corrected chi connectivity index (χ3v) is 2.78. The molecular formula is C14H11F2NO4. The van der Waals surface area contributed by atoms with Gasteiger partial charge in [0, 0.05) is 11.6 Å². The highest BCUT2D eigenvalue weighted by atomic mass is 19.1. The first-order valence-electron chi connectivity index (χ1n) is 5.98. The maximum atomic E-state index is 13.7. The van der Waals surface area contributed by atoms with Gasteiger partial charge in [0.2, 0.25) is 5.75 Å². The van der Waals surface area contributed by atoms with Crippen LogP contribution >= 0.6 is 0 Å². The number of nitro benzene ring substituents is 1. The second kappa shape index (κ2) is 5.84. The van der Waals surface area contributed by atoms with Gasteiger partial charge in [-0.3, -0.25) is 10.1 Å². The molecule has 5 nitrogen and oxygen atoms in total. The summed E-state index contributed by atoms with van der Waals surface area (Å²) in [5.41, 5.74) is -0.497. The van der Waals surface area contributed by atoms with Crippen molar-refractivity contribution in [2.75, 3.05) is 0 Å². The van der Waals surface area contributed by atoms with Crippen LogP contribution in [0.5, 0.6) is 11.5 Å². The molecule has 2 rings (SSSR count). The molecule has 21 heavy (non-hydrogen) atoms. The molecule has 1 N–H and O–H groups in total. The Morgan fingerprint density at radius 2 is 2.00 bits per heavy atom. The zero-order chi connectivity index (χ0) is 15.6. The second-order valence-electron chi connectivity index (χ2n) is 4.31. The summed E-state index contributed by atoms with van der Waals surface area (Å²) in [4.78, 5) is 10.1. The lowest BCUT2D eigenvalue weighted by atomic mass is 10.1. The van der Waals surface area contributed by atoms with E-state index in [1.54, 1.807) is 0 Å². The number of benzene rings is 2. The number of aliphatic hydroxyl groups excluding tert-OH is 1. The molecule has 0 aliphatic heterocycles. The first-order chi connectivity index (χ1) is 9.90. The van der Waals surface area contributed by atoms with E-state index in [9.17, 15) is 24.0 Å². The minimum Gasteiger partial charge on any atom is -0.447 e. The fraction of sp³-hybridized carbons (Fsp3) is 0.143. The van der Waals surface area contributed by atoms with Gasteiger partial charge in [-0.15, -0.1) is 0 Å². The highest BCUT2D eigenvalue weighted by Crippen LogP contribution is 2.36. The molecule has 0 amide bonds. The number of nitrogens with zero attached hydrogens (tertiary/aromatic N) is 1. The number of rotatable bonds is 4.